The molecular formula is C21H26IN8-. The van der Waals surface area contributed by atoms with Gasteiger partial charge in [-0.1, -0.05) is 0 Å². The standard InChI is InChI=1S/C21H26IN8/c1-3-17(4-2)28-12-16(11-25-28)21-19-7-9-24-29(19)14-18(27-21)15-10-26-30(13-15)22-20-6-5-8-23-20/h7,9-14,17,20,23H,3-6,8H2,1-2H3/q-1/t20-/m1/s1. The number of alkyl halides is 1. The molecule has 0 unspecified atom stereocenters. The fourth-order valence-corrected chi connectivity index (χ4v) is 6.58. The molecular weight excluding hydrogens is 491 g/mol. The molecule has 1 aliphatic heterocycles. The van der Waals surface area contributed by atoms with Gasteiger partial charge < -0.3 is 0 Å². The summed E-state index contributed by atoms with van der Waals surface area (Å²) in [5.74, 6) is 0. The van der Waals surface area contributed by atoms with E-state index >= 15 is 0 Å². The van der Waals surface area contributed by atoms with Gasteiger partial charge in [0, 0.05) is 0 Å². The second-order valence-electron chi connectivity index (χ2n) is 7.59. The summed E-state index contributed by atoms with van der Waals surface area (Å²) in [5.41, 5.74) is 4.81. The first-order valence-corrected chi connectivity index (χ1v) is 12.8. The molecule has 0 spiro atoms. The van der Waals surface area contributed by atoms with Gasteiger partial charge in [-0.25, -0.2) is 0 Å². The van der Waals surface area contributed by atoms with Crippen molar-refractivity contribution in [1.82, 2.24) is 37.7 Å². The predicted octanol–water partition coefficient (Wildman–Crippen LogP) is 0.379. The Morgan fingerprint density at radius 3 is 2.77 bits per heavy atom. The Morgan fingerprint density at radius 2 is 1.97 bits per heavy atom. The summed E-state index contributed by atoms with van der Waals surface area (Å²) < 4.78 is 6.70. The third-order valence-corrected chi connectivity index (χ3v) is 8.48. The summed E-state index contributed by atoms with van der Waals surface area (Å²) in [4.78, 5) is 5.01. The normalized spacial score (nSPS) is 17.0. The van der Waals surface area contributed by atoms with Gasteiger partial charge in [0.05, 0.1) is 0 Å². The van der Waals surface area contributed by atoms with Crippen LogP contribution in [0.1, 0.15) is 45.6 Å². The number of nitrogens with zero attached hydrogens (tertiary/aromatic N) is 7. The second-order valence-corrected chi connectivity index (χ2v) is 10.6. The van der Waals surface area contributed by atoms with E-state index in [0.29, 0.717) is 10.1 Å². The molecule has 1 fully saturated rings. The number of hydrogen-bond donors (Lipinski definition) is 1. The van der Waals surface area contributed by atoms with Gasteiger partial charge in [-0.2, -0.15) is 0 Å². The summed E-state index contributed by atoms with van der Waals surface area (Å²) in [7, 11) is 0. The zero-order chi connectivity index (χ0) is 20.5. The van der Waals surface area contributed by atoms with Crippen molar-refractivity contribution in [1.29, 1.82) is 0 Å². The Kier molecular flexibility index (Phi) is 5.55. The van der Waals surface area contributed by atoms with E-state index in [-0.39, 0.29) is 21.5 Å². The summed E-state index contributed by atoms with van der Waals surface area (Å²) in [6.45, 7) is 5.53. The van der Waals surface area contributed by atoms with E-state index in [1.54, 1.807) is 0 Å². The van der Waals surface area contributed by atoms with Crippen LogP contribution in [0.2, 0.25) is 0 Å². The molecule has 0 radical (unpaired) electrons. The van der Waals surface area contributed by atoms with Crippen LogP contribution in [0.5, 0.6) is 0 Å². The molecule has 0 aromatic carbocycles. The van der Waals surface area contributed by atoms with Gasteiger partial charge in [-0.3, -0.25) is 0 Å². The topological polar surface area (TPSA) is 77.9 Å². The number of aromatic nitrogens is 7. The summed E-state index contributed by atoms with van der Waals surface area (Å²) in [5, 5.41) is 17.3. The summed E-state index contributed by atoms with van der Waals surface area (Å²) in [6, 6.07) is 2.41. The van der Waals surface area contributed by atoms with Crippen molar-refractivity contribution in [3.05, 3.63) is 43.2 Å². The van der Waals surface area contributed by atoms with Crippen molar-refractivity contribution in [2.24, 2.45) is 0 Å². The number of halogens is 1. The van der Waals surface area contributed by atoms with Crippen LogP contribution < -0.4 is 26.8 Å². The maximum atomic E-state index is 5.01. The van der Waals surface area contributed by atoms with Crippen LogP contribution in [0.4, 0.5) is 0 Å². The Hall–Kier alpha value is -2.27. The first kappa shape index (κ1) is 19.7. The van der Waals surface area contributed by atoms with Crippen LogP contribution in [0.25, 0.3) is 28.0 Å². The van der Waals surface area contributed by atoms with E-state index in [1.165, 1.54) is 12.8 Å². The van der Waals surface area contributed by atoms with E-state index in [2.05, 4.69) is 54.4 Å². The molecule has 1 saturated heterocycles. The average Bonchev–Trinajstić information content (AvgIpc) is 3.55. The Labute approximate surface area is 186 Å². The molecule has 9 heteroatoms. The average molecular weight is 517 g/mol. The number of nitrogens with one attached hydrogen (secondary N) is 1. The van der Waals surface area contributed by atoms with E-state index < -0.39 is 0 Å². The van der Waals surface area contributed by atoms with Crippen molar-refractivity contribution >= 4 is 5.52 Å². The fraction of sp³-hybridized carbons (Fsp3) is 0.429. The molecule has 5 heterocycles. The monoisotopic (exact) mass is 517 g/mol. The van der Waals surface area contributed by atoms with Crippen molar-refractivity contribution in [3.8, 4) is 22.5 Å². The van der Waals surface area contributed by atoms with Gasteiger partial charge in [0.2, 0.25) is 0 Å². The molecule has 5 rings (SSSR count). The summed E-state index contributed by atoms with van der Waals surface area (Å²) in [6.07, 6.45) is 16.5. The first-order valence-electron chi connectivity index (χ1n) is 10.6. The summed E-state index contributed by atoms with van der Waals surface area (Å²) >= 11 is -0.204. The zero-order valence-electron chi connectivity index (χ0n) is 17.2. The van der Waals surface area contributed by atoms with Crippen LogP contribution in [0.15, 0.2) is 43.2 Å². The van der Waals surface area contributed by atoms with Crippen LogP contribution in [-0.4, -0.2) is 43.0 Å². The quantitative estimate of drug-likeness (QED) is 0.218. The SMILES string of the molecule is CCC(CC)n1cc(-c2nc(-c3cnn([I-][C@H]4CCCN4)c3)cn3nccc23)cn1. The first-order chi connectivity index (χ1) is 14.7. The van der Waals surface area contributed by atoms with E-state index in [9.17, 15) is 0 Å². The molecule has 1 atom stereocenters. The molecule has 0 aliphatic carbocycles. The number of hydrogen-bond acceptors (Lipinski definition) is 5. The maximum absolute atomic E-state index is 5.01. The van der Waals surface area contributed by atoms with Crippen molar-refractivity contribution in [3.63, 3.8) is 0 Å². The molecule has 0 bridgehead atoms. The Balaban J connectivity index is 1.50. The van der Waals surface area contributed by atoms with Crippen LogP contribution in [0.3, 0.4) is 0 Å². The van der Waals surface area contributed by atoms with Gasteiger partial charge in [0.1, 0.15) is 0 Å². The molecule has 4 aromatic heterocycles. The van der Waals surface area contributed by atoms with Crippen molar-refractivity contribution in [2.75, 3.05) is 6.54 Å². The molecule has 8 nitrogen and oxygen atoms in total. The predicted molar refractivity (Wildman–Crippen MR) is 111 cm³/mol. The molecule has 158 valence electrons. The minimum absolute atomic E-state index is 0.204. The Bertz CT molecular complexity index is 1130. The third kappa shape index (κ3) is 3.76. The van der Waals surface area contributed by atoms with Crippen LogP contribution in [0, 0.1) is 0 Å². The zero-order valence-corrected chi connectivity index (χ0v) is 19.4. The second kappa shape index (κ2) is 8.46. The van der Waals surface area contributed by atoms with Crippen LogP contribution in [-0.2, 0) is 0 Å². The van der Waals surface area contributed by atoms with E-state index in [0.717, 1.165) is 47.4 Å². The van der Waals surface area contributed by atoms with Crippen molar-refractivity contribution in [2.45, 2.75) is 49.6 Å². The molecule has 0 amide bonds. The van der Waals surface area contributed by atoms with Gasteiger partial charge >= 0.3 is 187 Å². The third-order valence-electron chi connectivity index (χ3n) is 5.65. The molecule has 4 aromatic rings. The number of rotatable bonds is 7. The minimum atomic E-state index is -0.204. The van der Waals surface area contributed by atoms with Crippen molar-refractivity contribution < 1.29 is 21.5 Å². The fourth-order valence-electron chi connectivity index (χ4n) is 3.93. The molecule has 1 N–H and O–H groups in total. The van der Waals surface area contributed by atoms with E-state index in [4.69, 9.17) is 4.98 Å². The van der Waals surface area contributed by atoms with Crippen LogP contribution >= 0.6 is 0 Å². The molecule has 30 heavy (non-hydrogen) atoms. The number of fused-ring (bicyclic) bond motifs is 1. The van der Waals surface area contributed by atoms with E-state index in [1.807, 2.05) is 35.4 Å². The molecule has 1 aliphatic rings. The van der Waals surface area contributed by atoms with Gasteiger partial charge in [0.25, 0.3) is 0 Å². The van der Waals surface area contributed by atoms with Gasteiger partial charge in [-0.15, -0.1) is 0 Å². The van der Waals surface area contributed by atoms with Gasteiger partial charge in [-0.05, 0) is 0 Å². The van der Waals surface area contributed by atoms with Gasteiger partial charge in [0.15, 0.2) is 0 Å². The Morgan fingerprint density at radius 1 is 1.10 bits per heavy atom. The molecule has 0 saturated carbocycles.